The van der Waals surface area contributed by atoms with Crippen molar-refractivity contribution in [3.63, 3.8) is 0 Å². The van der Waals surface area contributed by atoms with E-state index in [9.17, 15) is 9.59 Å². The standard InChI is InChI=1S/C20H22ClN3O3/c1-3-24(15-5-4-6-15)18-11-13(21)10-17(23-18)19(25)22-14-7-8-16(20(26)27)12(2)9-14/h7-11,15H,3-6H2,1-2H3,(H,22,25)(H,26,27). The smallest absolute Gasteiger partial charge is 0.335 e. The van der Waals surface area contributed by atoms with E-state index < -0.39 is 5.97 Å². The molecule has 2 aromatic rings. The molecule has 27 heavy (non-hydrogen) atoms. The fraction of sp³-hybridized carbons (Fsp3) is 0.350. The zero-order valence-corrected chi connectivity index (χ0v) is 16.1. The highest BCUT2D eigenvalue weighted by atomic mass is 35.5. The van der Waals surface area contributed by atoms with Gasteiger partial charge < -0.3 is 15.3 Å². The summed E-state index contributed by atoms with van der Waals surface area (Å²) in [6.07, 6.45) is 3.46. The van der Waals surface area contributed by atoms with Crippen molar-refractivity contribution in [2.45, 2.75) is 39.2 Å². The lowest BCUT2D eigenvalue weighted by molar-refractivity contribution is 0.0696. The number of aromatic carboxylic acids is 1. The van der Waals surface area contributed by atoms with Gasteiger partial charge in [-0.05, 0) is 69.0 Å². The minimum absolute atomic E-state index is 0.204. The molecule has 3 rings (SSSR count). The number of nitrogens with zero attached hydrogens (tertiary/aromatic N) is 2. The van der Waals surface area contributed by atoms with E-state index in [1.807, 2.05) is 0 Å². The van der Waals surface area contributed by atoms with Crippen molar-refractivity contribution in [3.8, 4) is 0 Å². The Morgan fingerprint density at radius 2 is 2.04 bits per heavy atom. The predicted molar refractivity (Wildman–Crippen MR) is 106 cm³/mol. The number of benzene rings is 1. The van der Waals surface area contributed by atoms with Crippen LogP contribution in [0.4, 0.5) is 11.5 Å². The first kappa shape index (κ1) is 19.2. The maximum Gasteiger partial charge on any atom is 0.335 e. The van der Waals surface area contributed by atoms with E-state index in [2.05, 4.69) is 22.1 Å². The van der Waals surface area contributed by atoms with Gasteiger partial charge >= 0.3 is 5.97 Å². The number of carboxylic acid groups (broad SMARTS) is 1. The molecule has 1 aliphatic rings. The van der Waals surface area contributed by atoms with Crippen molar-refractivity contribution in [1.29, 1.82) is 0 Å². The van der Waals surface area contributed by atoms with Crippen LogP contribution >= 0.6 is 11.6 Å². The highest BCUT2D eigenvalue weighted by molar-refractivity contribution is 6.31. The number of nitrogens with one attached hydrogen (secondary N) is 1. The van der Waals surface area contributed by atoms with E-state index in [1.165, 1.54) is 18.6 Å². The first-order valence-corrected chi connectivity index (χ1v) is 9.36. The van der Waals surface area contributed by atoms with Crippen LogP contribution in [0.25, 0.3) is 0 Å². The maximum absolute atomic E-state index is 12.6. The second-order valence-corrected chi connectivity index (χ2v) is 7.12. The summed E-state index contributed by atoms with van der Waals surface area (Å²) in [6, 6.07) is 8.42. The molecule has 1 aromatic carbocycles. The van der Waals surface area contributed by atoms with Crippen LogP contribution < -0.4 is 10.2 Å². The number of rotatable bonds is 6. The van der Waals surface area contributed by atoms with E-state index in [4.69, 9.17) is 16.7 Å². The van der Waals surface area contributed by atoms with Gasteiger partial charge in [-0.25, -0.2) is 9.78 Å². The number of amides is 1. The highest BCUT2D eigenvalue weighted by Crippen LogP contribution is 2.30. The Hall–Kier alpha value is -2.60. The van der Waals surface area contributed by atoms with Gasteiger partial charge in [0.2, 0.25) is 0 Å². The Morgan fingerprint density at radius 1 is 1.30 bits per heavy atom. The molecule has 0 unspecified atom stereocenters. The molecule has 1 saturated carbocycles. The second-order valence-electron chi connectivity index (χ2n) is 6.69. The number of carbonyl (C=O) groups excluding carboxylic acids is 1. The predicted octanol–water partition coefficient (Wildman–Crippen LogP) is 4.37. The Labute approximate surface area is 163 Å². The molecule has 0 atom stereocenters. The highest BCUT2D eigenvalue weighted by Gasteiger charge is 2.25. The van der Waals surface area contributed by atoms with Crippen LogP contribution in [-0.4, -0.2) is 34.6 Å². The summed E-state index contributed by atoms with van der Waals surface area (Å²) in [6.45, 7) is 4.55. The van der Waals surface area contributed by atoms with Gasteiger partial charge in [0.25, 0.3) is 5.91 Å². The number of anilines is 2. The zero-order chi connectivity index (χ0) is 19.6. The molecule has 0 saturated heterocycles. The monoisotopic (exact) mass is 387 g/mol. The summed E-state index contributed by atoms with van der Waals surface area (Å²) in [5, 5.41) is 12.3. The van der Waals surface area contributed by atoms with Crippen molar-refractivity contribution in [3.05, 3.63) is 52.2 Å². The lowest BCUT2D eigenvalue weighted by Gasteiger charge is -2.37. The molecule has 0 aliphatic heterocycles. The van der Waals surface area contributed by atoms with Crippen LogP contribution in [0, 0.1) is 6.92 Å². The average molecular weight is 388 g/mol. The molecule has 1 fully saturated rings. The van der Waals surface area contributed by atoms with Gasteiger partial charge in [-0.2, -0.15) is 0 Å². The fourth-order valence-electron chi connectivity index (χ4n) is 3.23. The number of carbonyl (C=O) groups is 2. The zero-order valence-electron chi connectivity index (χ0n) is 15.3. The molecule has 7 heteroatoms. The van der Waals surface area contributed by atoms with Crippen molar-refractivity contribution < 1.29 is 14.7 Å². The molecule has 0 bridgehead atoms. The van der Waals surface area contributed by atoms with Crippen LogP contribution in [0.15, 0.2) is 30.3 Å². The molecule has 142 valence electrons. The summed E-state index contributed by atoms with van der Waals surface area (Å²) in [5.74, 6) is -0.676. The van der Waals surface area contributed by atoms with Crippen LogP contribution in [-0.2, 0) is 0 Å². The maximum atomic E-state index is 12.6. The molecule has 1 aromatic heterocycles. The lowest BCUT2D eigenvalue weighted by Crippen LogP contribution is -2.40. The molecule has 0 radical (unpaired) electrons. The quantitative estimate of drug-likeness (QED) is 0.768. The molecule has 1 heterocycles. The van der Waals surface area contributed by atoms with Crippen LogP contribution in [0.5, 0.6) is 0 Å². The minimum atomic E-state index is -0.998. The Morgan fingerprint density at radius 3 is 2.59 bits per heavy atom. The SMILES string of the molecule is CCN(c1cc(Cl)cc(C(=O)Nc2ccc(C(=O)O)c(C)c2)n1)C1CCC1. The molecule has 0 spiro atoms. The Kier molecular flexibility index (Phi) is 5.65. The van der Waals surface area contributed by atoms with Gasteiger partial charge in [-0.15, -0.1) is 0 Å². The largest absolute Gasteiger partial charge is 0.478 e. The number of aromatic nitrogens is 1. The van der Waals surface area contributed by atoms with Crippen molar-refractivity contribution in [1.82, 2.24) is 4.98 Å². The molecule has 1 amide bonds. The van der Waals surface area contributed by atoms with Gasteiger partial charge in [0.05, 0.1) is 5.56 Å². The second kappa shape index (κ2) is 7.96. The molecule has 2 N–H and O–H groups in total. The number of carboxylic acids is 1. The number of aryl methyl sites for hydroxylation is 1. The van der Waals surface area contributed by atoms with Crippen molar-refractivity contribution in [2.24, 2.45) is 0 Å². The van der Waals surface area contributed by atoms with Gasteiger partial charge in [-0.1, -0.05) is 11.6 Å². The summed E-state index contributed by atoms with van der Waals surface area (Å²) < 4.78 is 0. The van der Waals surface area contributed by atoms with E-state index in [0.717, 1.165) is 19.4 Å². The number of hydrogen-bond acceptors (Lipinski definition) is 4. The van der Waals surface area contributed by atoms with Gasteiger partial charge in [0.15, 0.2) is 0 Å². The van der Waals surface area contributed by atoms with Crippen LogP contribution in [0.2, 0.25) is 5.02 Å². The summed E-state index contributed by atoms with van der Waals surface area (Å²) in [5.41, 5.74) is 1.52. The van der Waals surface area contributed by atoms with Crippen molar-refractivity contribution >= 4 is 35.0 Å². The summed E-state index contributed by atoms with van der Waals surface area (Å²) >= 11 is 6.23. The summed E-state index contributed by atoms with van der Waals surface area (Å²) in [7, 11) is 0. The average Bonchev–Trinajstić information content (AvgIpc) is 2.57. The van der Waals surface area contributed by atoms with E-state index >= 15 is 0 Å². The normalized spacial score (nSPS) is 13.7. The third-order valence-electron chi connectivity index (χ3n) is 4.87. The van der Waals surface area contributed by atoms with Gasteiger partial charge in [-0.3, -0.25) is 4.79 Å². The first-order valence-electron chi connectivity index (χ1n) is 8.98. The lowest BCUT2D eigenvalue weighted by atomic mass is 9.91. The summed E-state index contributed by atoms with van der Waals surface area (Å²) in [4.78, 5) is 30.4. The third kappa shape index (κ3) is 4.22. The molecular weight excluding hydrogens is 366 g/mol. The minimum Gasteiger partial charge on any atom is -0.478 e. The molecular formula is C20H22ClN3O3. The van der Waals surface area contributed by atoms with Gasteiger partial charge in [0.1, 0.15) is 11.5 Å². The first-order chi connectivity index (χ1) is 12.9. The Bertz CT molecular complexity index is 881. The van der Waals surface area contributed by atoms with Crippen molar-refractivity contribution in [2.75, 3.05) is 16.8 Å². The molecule has 1 aliphatic carbocycles. The third-order valence-corrected chi connectivity index (χ3v) is 5.09. The van der Waals surface area contributed by atoms with E-state index in [0.29, 0.717) is 28.1 Å². The van der Waals surface area contributed by atoms with Crippen LogP contribution in [0.3, 0.4) is 0 Å². The Balaban J connectivity index is 1.82. The fourth-order valence-corrected chi connectivity index (χ4v) is 3.43. The number of pyridine rings is 1. The number of halogens is 1. The molecule has 6 nitrogen and oxygen atoms in total. The van der Waals surface area contributed by atoms with E-state index in [1.54, 1.807) is 25.1 Å². The van der Waals surface area contributed by atoms with Gasteiger partial charge in [0, 0.05) is 23.3 Å². The number of hydrogen-bond donors (Lipinski definition) is 2. The topological polar surface area (TPSA) is 82.5 Å². The van der Waals surface area contributed by atoms with Crippen LogP contribution in [0.1, 0.15) is 52.6 Å². The van der Waals surface area contributed by atoms with E-state index in [-0.39, 0.29) is 17.2 Å².